The number of carbonyl (C=O) groups is 2. The SMILES string of the molecule is COCc1cccc(C(=O)NC(CCC(=O)O)c2ccccc2)c1. The molecule has 1 unspecified atom stereocenters. The lowest BCUT2D eigenvalue weighted by atomic mass is 10.0. The fourth-order valence-electron chi connectivity index (χ4n) is 2.49. The Morgan fingerprint density at radius 2 is 1.88 bits per heavy atom. The van der Waals surface area contributed by atoms with E-state index in [1.807, 2.05) is 36.4 Å². The van der Waals surface area contributed by atoms with Gasteiger partial charge in [0.2, 0.25) is 0 Å². The predicted molar refractivity (Wildman–Crippen MR) is 90.7 cm³/mol. The number of carboxylic acid groups (broad SMARTS) is 1. The molecular weight excluding hydrogens is 306 g/mol. The summed E-state index contributed by atoms with van der Waals surface area (Å²) in [7, 11) is 1.60. The van der Waals surface area contributed by atoms with Gasteiger partial charge in [-0.15, -0.1) is 0 Å². The fourth-order valence-corrected chi connectivity index (χ4v) is 2.49. The molecule has 0 bridgehead atoms. The van der Waals surface area contributed by atoms with Crippen molar-refractivity contribution in [1.29, 1.82) is 0 Å². The lowest BCUT2D eigenvalue weighted by Gasteiger charge is -2.19. The molecule has 2 N–H and O–H groups in total. The fraction of sp³-hybridized carbons (Fsp3) is 0.263. The van der Waals surface area contributed by atoms with E-state index in [4.69, 9.17) is 9.84 Å². The highest BCUT2D eigenvalue weighted by Gasteiger charge is 2.17. The van der Waals surface area contributed by atoms with Crippen molar-refractivity contribution in [2.75, 3.05) is 7.11 Å². The minimum absolute atomic E-state index is 0.0104. The van der Waals surface area contributed by atoms with Crippen LogP contribution in [0.3, 0.4) is 0 Å². The van der Waals surface area contributed by atoms with Crippen LogP contribution in [0.1, 0.15) is 40.4 Å². The first-order chi connectivity index (χ1) is 11.6. The van der Waals surface area contributed by atoms with Crippen molar-refractivity contribution in [2.45, 2.75) is 25.5 Å². The molecule has 2 rings (SSSR count). The molecule has 24 heavy (non-hydrogen) atoms. The molecule has 0 aliphatic rings. The van der Waals surface area contributed by atoms with Crippen molar-refractivity contribution < 1.29 is 19.4 Å². The number of benzene rings is 2. The monoisotopic (exact) mass is 327 g/mol. The maximum atomic E-state index is 12.5. The first-order valence-corrected chi connectivity index (χ1v) is 7.75. The highest BCUT2D eigenvalue weighted by Crippen LogP contribution is 2.19. The van der Waals surface area contributed by atoms with E-state index in [9.17, 15) is 9.59 Å². The van der Waals surface area contributed by atoms with Gasteiger partial charge in [-0.25, -0.2) is 0 Å². The Bertz CT molecular complexity index is 685. The van der Waals surface area contributed by atoms with E-state index in [0.717, 1.165) is 11.1 Å². The van der Waals surface area contributed by atoms with Crippen molar-refractivity contribution >= 4 is 11.9 Å². The van der Waals surface area contributed by atoms with Crippen molar-refractivity contribution in [2.24, 2.45) is 0 Å². The standard InChI is InChI=1S/C19H21NO4/c1-24-13-14-6-5-9-16(12-14)19(23)20-17(10-11-18(21)22)15-7-3-2-4-8-15/h2-9,12,17H,10-11,13H2,1H3,(H,20,23)(H,21,22). The van der Waals surface area contributed by atoms with Crippen LogP contribution in [0.2, 0.25) is 0 Å². The Balaban J connectivity index is 2.14. The van der Waals surface area contributed by atoms with Crippen molar-refractivity contribution in [3.8, 4) is 0 Å². The summed E-state index contributed by atoms with van der Waals surface area (Å²) in [6.07, 6.45) is 0.326. The zero-order valence-corrected chi connectivity index (χ0v) is 13.6. The molecule has 1 atom stereocenters. The lowest BCUT2D eigenvalue weighted by Crippen LogP contribution is -2.29. The van der Waals surface area contributed by atoms with Crippen LogP contribution < -0.4 is 5.32 Å². The van der Waals surface area contributed by atoms with E-state index in [-0.39, 0.29) is 18.4 Å². The van der Waals surface area contributed by atoms with E-state index < -0.39 is 5.97 Å². The Kier molecular flexibility index (Phi) is 6.51. The summed E-state index contributed by atoms with van der Waals surface area (Å²) < 4.78 is 5.08. The minimum Gasteiger partial charge on any atom is -0.481 e. The number of carboxylic acids is 1. The third-order valence-electron chi connectivity index (χ3n) is 3.65. The van der Waals surface area contributed by atoms with Gasteiger partial charge in [0.25, 0.3) is 5.91 Å². The van der Waals surface area contributed by atoms with Crippen molar-refractivity contribution in [3.05, 3.63) is 71.3 Å². The third kappa shape index (κ3) is 5.21. The number of carbonyl (C=O) groups excluding carboxylic acids is 1. The lowest BCUT2D eigenvalue weighted by molar-refractivity contribution is -0.137. The van der Waals surface area contributed by atoms with Gasteiger partial charge >= 0.3 is 5.97 Å². The topological polar surface area (TPSA) is 75.6 Å². The number of methoxy groups -OCH3 is 1. The first-order valence-electron chi connectivity index (χ1n) is 7.75. The molecule has 5 nitrogen and oxygen atoms in total. The highest BCUT2D eigenvalue weighted by molar-refractivity contribution is 5.94. The number of hydrogen-bond acceptors (Lipinski definition) is 3. The Hall–Kier alpha value is -2.66. The molecule has 0 spiro atoms. The molecule has 0 aromatic heterocycles. The summed E-state index contributed by atoms with van der Waals surface area (Å²) in [4.78, 5) is 23.4. The van der Waals surface area contributed by atoms with Crippen LogP contribution in [0.4, 0.5) is 0 Å². The van der Waals surface area contributed by atoms with Crippen LogP contribution >= 0.6 is 0 Å². The molecule has 0 saturated heterocycles. The van der Waals surface area contributed by atoms with E-state index in [1.54, 1.807) is 25.3 Å². The molecule has 2 aromatic rings. The molecular formula is C19H21NO4. The number of rotatable bonds is 8. The first kappa shape index (κ1) is 17.7. The van der Waals surface area contributed by atoms with Gasteiger partial charge in [-0.05, 0) is 29.7 Å². The molecule has 0 aliphatic heterocycles. The highest BCUT2D eigenvalue weighted by atomic mass is 16.5. The summed E-state index contributed by atoms with van der Waals surface area (Å²) in [6, 6.07) is 16.2. The van der Waals surface area contributed by atoms with Crippen LogP contribution in [0.5, 0.6) is 0 Å². The summed E-state index contributed by atoms with van der Waals surface area (Å²) in [5.41, 5.74) is 2.33. The molecule has 5 heteroatoms. The van der Waals surface area contributed by atoms with Gasteiger partial charge < -0.3 is 15.2 Å². The summed E-state index contributed by atoms with van der Waals surface area (Å²) >= 11 is 0. The van der Waals surface area contributed by atoms with Gasteiger partial charge in [-0.2, -0.15) is 0 Å². The van der Waals surface area contributed by atoms with E-state index in [0.29, 0.717) is 18.6 Å². The smallest absolute Gasteiger partial charge is 0.303 e. The largest absolute Gasteiger partial charge is 0.481 e. The zero-order valence-electron chi connectivity index (χ0n) is 13.6. The minimum atomic E-state index is -0.882. The molecule has 0 radical (unpaired) electrons. The molecule has 0 fully saturated rings. The quantitative estimate of drug-likeness (QED) is 0.781. The summed E-state index contributed by atoms with van der Waals surface area (Å²) in [5, 5.41) is 11.9. The zero-order chi connectivity index (χ0) is 17.4. The van der Waals surface area contributed by atoms with E-state index in [2.05, 4.69) is 5.32 Å². The molecule has 2 aromatic carbocycles. The van der Waals surface area contributed by atoms with Crippen LogP contribution in [-0.4, -0.2) is 24.1 Å². The van der Waals surface area contributed by atoms with Gasteiger partial charge in [0.05, 0.1) is 12.6 Å². The molecule has 0 aliphatic carbocycles. The molecule has 0 saturated carbocycles. The number of amides is 1. The van der Waals surface area contributed by atoms with Crippen LogP contribution in [0.15, 0.2) is 54.6 Å². The summed E-state index contributed by atoms with van der Waals surface area (Å²) in [5.74, 6) is -1.11. The molecule has 0 heterocycles. The van der Waals surface area contributed by atoms with Gasteiger partial charge in [0, 0.05) is 19.1 Å². The average molecular weight is 327 g/mol. The van der Waals surface area contributed by atoms with E-state index >= 15 is 0 Å². The van der Waals surface area contributed by atoms with Crippen molar-refractivity contribution in [3.63, 3.8) is 0 Å². The van der Waals surface area contributed by atoms with Crippen molar-refractivity contribution in [1.82, 2.24) is 5.32 Å². The van der Waals surface area contributed by atoms with E-state index in [1.165, 1.54) is 0 Å². The van der Waals surface area contributed by atoms with Gasteiger partial charge in [-0.3, -0.25) is 9.59 Å². The number of ether oxygens (including phenoxy) is 1. The second kappa shape index (κ2) is 8.84. The Morgan fingerprint density at radius 1 is 1.12 bits per heavy atom. The average Bonchev–Trinajstić information content (AvgIpc) is 2.59. The maximum Gasteiger partial charge on any atom is 0.303 e. The third-order valence-corrected chi connectivity index (χ3v) is 3.65. The van der Waals surface area contributed by atoms with Crippen LogP contribution in [0.25, 0.3) is 0 Å². The molecule has 126 valence electrons. The molecule has 1 amide bonds. The predicted octanol–water partition coefficient (Wildman–Crippen LogP) is 3.17. The Morgan fingerprint density at radius 3 is 2.54 bits per heavy atom. The number of aliphatic carboxylic acids is 1. The summed E-state index contributed by atoms with van der Waals surface area (Å²) in [6.45, 7) is 0.433. The number of nitrogens with one attached hydrogen (secondary N) is 1. The van der Waals surface area contributed by atoms with Gasteiger partial charge in [0.1, 0.15) is 0 Å². The number of hydrogen-bond donors (Lipinski definition) is 2. The second-order valence-corrected chi connectivity index (χ2v) is 5.50. The second-order valence-electron chi connectivity index (χ2n) is 5.50. The Labute approximate surface area is 141 Å². The van der Waals surface area contributed by atoms with Gasteiger partial charge in [-0.1, -0.05) is 42.5 Å². The van der Waals surface area contributed by atoms with Gasteiger partial charge in [0.15, 0.2) is 0 Å². The maximum absolute atomic E-state index is 12.5. The van der Waals surface area contributed by atoms with Crippen LogP contribution in [0, 0.1) is 0 Å². The van der Waals surface area contributed by atoms with Crippen LogP contribution in [-0.2, 0) is 16.1 Å². The normalized spacial score (nSPS) is 11.7.